The van der Waals surface area contributed by atoms with E-state index in [4.69, 9.17) is 4.74 Å². The first-order valence-electron chi connectivity index (χ1n) is 6.96. The Balaban J connectivity index is 2.37. The summed E-state index contributed by atoms with van der Waals surface area (Å²) in [6, 6.07) is 0. The average Bonchev–Trinajstić information content (AvgIpc) is 2.71. The summed E-state index contributed by atoms with van der Waals surface area (Å²) < 4.78 is 5.90. The van der Waals surface area contributed by atoms with Gasteiger partial charge in [-0.1, -0.05) is 6.92 Å². The number of fused-ring (bicyclic) bond motifs is 1. The second-order valence-electron chi connectivity index (χ2n) is 5.60. The summed E-state index contributed by atoms with van der Waals surface area (Å²) in [6.45, 7) is 11.0. The van der Waals surface area contributed by atoms with Crippen molar-refractivity contribution >= 4 is 27.4 Å². The fraction of sp³-hybridized carbons (Fsp3) is 0.600. The number of ether oxygens (including phenoxy) is 1. The first-order valence-corrected chi connectivity index (χ1v) is 7.78. The Kier molecular flexibility index (Phi) is 4.30. The van der Waals surface area contributed by atoms with Crippen molar-refractivity contribution in [2.75, 3.05) is 12.4 Å². The van der Waals surface area contributed by atoms with Gasteiger partial charge in [-0.3, -0.25) is 0 Å². The minimum Gasteiger partial charge on any atom is -0.372 e. The van der Waals surface area contributed by atoms with Gasteiger partial charge in [0, 0.05) is 11.9 Å². The normalized spacial score (nSPS) is 12.1. The van der Waals surface area contributed by atoms with Crippen molar-refractivity contribution in [3.05, 3.63) is 16.3 Å². The lowest BCUT2D eigenvalue weighted by Crippen LogP contribution is -2.23. The Morgan fingerprint density at radius 3 is 2.55 bits per heavy atom. The lowest BCUT2D eigenvalue weighted by molar-refractivity contribution is -0.0343. The van der Waals surface area contributed by atoms with Crippen LogP contribution in [-0.4, -0.2) is 22.6 Å². The van der Waals surface area contributed by atoms with Gasteiger partial charge in [0.15, 0.2) is 5.82 Å². The number of aromatic nitrogens is 2. The molecule has 0 saturated heterocycles. The summed E-state index contributed by atoms with van der Waals surface area (Å²) in [5, 5.41) is 4.31. The lowest BCUT2D eigenvalue weighted by atomic mass is 10.1. The maximum absolute atomic E-state index is 5.90. The molecule has 0 fully saturated rings. The van der Waals surface area contributed by atoms with E-state index in [0.717, 1.165) is 28.3 Å². The molecule has 2 heterocycles. The van der Waals surface area contributed by atoms with E-state index < -0.39 is 0 Å². The molecule has 0 aliphatic heterocycles. The fourth-order valence-corrected chi connectivity index (χ4v) is 2.95. The van der Waals surface area contributed by atoms with Crippen LogP contribution < -0.4 is 5.32 Å². The highest BCUT2D eigenvalue weighted by atomic mass is 32.1. The van der Waals surface area contributed by atoms with Crippen LogP contribution in [0.4, 0.5) is 5.82 Å². The number of hydrogen-bond donors (Lipinski definition) is 1. The van der Waals surface area contributed by atoms with Gasteiger partial charge in [0.1, 0.15) is 17.3 Å². The van der Waals surface area contributed by atoms with Gasteiger partial charge in [-0.25, -0.2) is 9.97 Å². The number of rotatable bonds is 5. The van der Waals surface area contributed by atoms with Gasteiger partial charge >= 0.3 is 0 Å². The standard InChI is InChI=1S/C15H23N3OS/c1-7-15(4,5)19-8-11-17-13(16-6)12-9(2)10(3)20-14(12)18-11/h7-8H2,1-6H3,(H,16,17,18). The van der Waals surface area contributed by atoms with Gasteiger partial charge < -0.3 is 10.1 Å². The summed E-state index contributed by atoms with van der Waals surface area (Å²) in [6.07, 6.45) is 0.964. The van der Waals surface area contributed by atoms with E-state index in [-0.39, 0.29) is 5.60 Å². The number of anilines is 1. The Bertz CT molecular complexity index is 619. The zero-order valence-corrected chi connectivity index (χ0v) is 13.9. The first kappa shape index (κ1) is 15.2. The van der Waals surface area contributed by atoms with Crippen LogP contribution in [0.5, 0.6) is 0 Å². The van der Waals surface area contributed by atoms with Crippen molar-refractivity contribution in [1.82, 2.24) is 9.97 Å². The van der Waals surface area contributed by atoms with Gasteiger partial charge in [-0.2, -0.15) is 0 Å². The van der Waals surface area contributed by atoms with E-state index in [9.17, 15) is 0 Å². The topological polar surface area (TPSA) is 47.0 Å². The van der Waals surface area contributed by atoms with Crippen LogP contribution in [0.15, 0.2) is 0 Å². The van der Waals surface area contributed by atoms with Crippen LogP contribution in [0.2, 0.25) is 0 Å². The maximum Gasteiger partial charge on any atom is 0.158 e. The van der Waals surface area contributed by atoms with Crippen LogP contribution in [0.25, 0.3) is 10.2 Å². The molecular weight excluding hydrogens is 270 g/mol. The highest BCUT2D eigenvalue weighted by Gasteiger charge is 2.18. The zero-order chi connectivity index (χ0) is 14.9. The van der Waals surface area contributed by atoms with Gasteiger partial charge in [0.2, 0.25) is 0 Å². The molecule has 20 heavy (non-hydrogen) atoms. The van der Waals surface area contributed by atoms with Crippen LogP contribution in [0.3, 0.4) is 0 Å². The molecule has 5 heteroatoms. The van der Waals surface area contributed by atoms with Crippen molar-refractivity contribution in [3.63, 3.8) is 0 Å². The second-order valence-corrected chi connectivity index (χ2v) is 6.81. The minimum atomic E-state index is -0.139. The van der Waals surface area contributed by atoms with E-state index in [1.54, 1.807) is 11.3 Å². The van der Waals surface area contributed by atoms with Crippen molar-refractivity contribution in [2.45, 2.75) is 53.2 Å². The minimum absolute atomic E-state index is 0.139. The summed E-state index contributed by atoms with van der Waals surface area (Å²) in [5.41, 5.74) is 1.12. The molecule has 2 aromatic rings. The molecule has 4 nitrogen and oxygen atoms in total. The van der Waals surface area contributed by atoms with Gasteiger partial charge in [0.25, 0.3) is 0 Å². The van der Waals surface area contributed by atoms with E-state index in [0.29, 0.717) is 6.61 Å². The van der Waals surface area contributed by atoms with Crippen LogP contribution in [0.1, 0.15) is 43.5 Å². The number of aryl methyl sites for hydroxylation is 2. The van der Waals surface area contributed by atoms with E-state index in [1.165, 1.54) is 10.4 Å². The Labute approximate surface area is 124 Å². The zero-order valence-electron chi connectivity index (χ0n) is 13.1. The first-order chi connectivity index (χ1) is 9.38. The van der Waals surface area contributed by atoms with E-state index >= 15 is 0 Å². The van der Waals surface area contributed by atoms with Crippen molar-refractivity contribution in [2.24, 2.45) is 0 Å². The molecule has 2 aromatic heterocycles. The van der Waals surface area contributed by atoms with Crippen molar-refractivity contribution in [3.8, 4) is 0 Å². The summed E-state index contributed by atoms with van der Waals surface area (Å²) in [5.74, 6) is 1.63. The van der Waals surface area contributed by atoms with Crippen LogP contribution >= 0.6 is 11.3 Å². The van der Waals surface area contributed by atoms with Gasteiger partial charge in [-0.05, 0) is 39.7 Å². The molecule has 0 bridgehead atoms. The van der Waals surface area contributed by atoms with Gasteiger partial charge in [-0.15, -0.1) is 11.3 Å². The summed E-state index contributed by atoms with van der Waals surface area (Å²) in [4.78, 5) is 11.6. The van der Waals surface area contributed by atoms with Crippen LogP contribution in [-0.2, 0) is 11.3 Å². The SMILES string of the molecule is CCC(C)(C)OCc1nc(NC)c2c(C)c(C)sc2n1. The third kappa shape index (κ3) is 2.94. The maximum atomic E-state index is 5.90. The predicted octanol–water partition coefficient (Wildman–Crippen LogP) is 4.06. The van der Waals surface area contributed by atoms with Gasteiger partial charge in [0.05, 0.1) is 11.0 Å². The summed E-state index contributed by atoms with van der Waals surface area (Å²) >= 11 is 1.71. The smallest absolute Gasteiger partial charge is 0.158 e. The van der Waals surface area contributed by atoms with E-state index in [1.807, 2.05) is 7.05 Å². The molecule has 2 rings (SSSR count). The molecule has 0 aliphatic rings. The van der Waals surface area contributed by atoms with Crippen LogP contribution in [0, 0.1) is 13.8 Å². The number of nitrogens with one attached hydrogen (secondary N) is 1. The third-order valence-corrected chi connectivity index (χ3v) is 4.86. The van der Waals surface area contributed by atoms with Crippen molar-refractivity contribution in [1.29, 1.82) is 0 Å². The Hall–Kier alpha value is -1.20. The molecule has 1 N–H and O–H groups in total. The largest absolute Gasteiger partial charge is 0.372 e. The molecule has 110 valence electrons. The molecule has 0 unspecified atom stereocenters. The molecule has 0 aliphatic carbocycles. The average molecular weight is 293 g/mol. The molecule has 0 spiro atoms. The molecule has 0 aromatic carbocycles. The molecule has 0 amide bonds. The lowest BCUT2D eigenvalue weighted by Gasteiger charge is -2.23. The Morgan fingerprint density at radius 1 is 1.25 bits per heavy atom. The number of thiophene rings is 1. The molecule has 0 saturated carbocycles. The second kappa shape index (κ2) is 5.66. The Morgan fingerprint density at radius 2 is 1.95 bits per heavy atom. The molecule has 0 atom stereocenters. The number of nitrogens with zero attached hydrogens (tertiary/aromatic N) is 2. The fourth-order valence-electron chi connectivity index (χ4n) is 1.90. The quantitative estimate of drug-likeness (QED) is 0.903. The molecule has 0 radical (unpaired) electrons. The van der Waals surface area contributed by atoms with E-state index in [2.05, 4.69) is 49.9 Å². The van der Waals surface area contributed by atoms with Crippen molar-refractivity contribution < 1.29 is 4.74 Å². The monoisotopic (exact) mass is 293 g/mol. The predicted molar refractivity (Wildman–Crippen MR) is 85.6 cm³/mol. The summed E-state index contributed by atoms with van der Waals surface area (Å²) in [7, 11) is 1.90. The third-order valence-electron chi connectivity index (χ3n) is 3.76. The highest BCUT2D eigenvalue weighted by Crippen LogP contribution is 2.33. The molecular formula is C15H23N3OS. The number of hydrogen-bond acceptors (Lipinski definition) is 5. The highest BCUT2D eigenvalue weighted by molar-refractivity contribution is 7.18.